The zero-order chi connectivity index (χ0) is 18.4. The molecule has 3 rings (SSSR count). The predicted octanol–water partition coefficient (Wildman–Crippen LogP) is 4.26. The molecule has 1 heterocycles. The molecule has 0 atom stereocenters. The first-order valence-corrected chi connectivity index (χ1v) is 7.95. The fourth-order valence-corrected chi connectivity index (χ4v) is 2.29. The number of hydrogen-bond acceptors (Lipinski definition) is 6. The van der Waals surface area contributed by atoms with E-state index in [4.69, 9.17) is 13.9 Å². The van der Waals surface area contributed by atoms with Crippen LogP contribution in [0, 0.1) is 6.92 Å². The molecule has 1 aromatic heterocycles. The van der Waals surface area contributed by atoms with Gasteiger partial charge < -0.3 is 13.9 Å². The van der Waals surface area contributed by atoms with Crippen LogP contribution < -0.4 is 14.9 Å². The number of carbonyl (C=O) groups excluding carboxylic acids is 1. The normalized spacial score (nSPS) is 10.7. The van der Waals surface area contributed by atoms with E-state index in [0.29, 0.717) is 11.5 Å². The van der Waals surface area contributed by atoms with Crippen LogP contribution in [0.4, 0.5) is 5.69 Å². The van der Waals surface area contributed by atoms with Gasteiger partial charge in [0, 0.05) is 0 Å². The molecular formula is C20H18N2O4. The lowest BCUT2D eigenvalue weighted by molar-refractivity contribution is 0.0696. The lowest BCUT2D eigenvalue weighted by atomic mass is 10.2. The topological polar surface area (TPSA) is 73.1 Å². The molecule has 3 aromatic rings. The van der Waals surface area contributed by atoms with Gasteiger partial charge in [-0.15, -0.1) is 0 Å². The van der Waals surface area contributed by atoms with E-state index in [2.05, 4.69) is 10.5 Å². The molecule has 0 aliphatic carbocycles. The molecule has 6 nitrogen and oxygen atoms in total. The highest BCUT2D eigenvalue weighted by Gasteiger charge is 2.14. The molecule has 0 bridgehead atoms. The van der Waals surface area contributed by atoms with Crippen molar-refractivity contribution in [3.05, 3.63) is 77.7 Å². The number of anilines is 1. The highest BCUT2D eigenvalue weighted by molar-refractivity contribution is 5.89. The van der Waals surface area contributed by atoms with Gasteiger partial charge in [-0.05, 0) is 60.5 Å². The van der Waals surface area contributed by atoms with Crippen molar-refractivity contribution >= 4 is 17.9 Å². The summed E-state index contributed by atoms with van der Waals surface area (Å²) in [7, 11) is 1.51. The smallest absolute Gasteiger partial charge is 0.379 e. The second kappa shape index (κ2) is 8.02. The van der Waals surface area contributed by atoms with Crippen LogP contribution in [0.15, 0.2) is 70.4 Å². The number of furan rings is 1. The van der Waals surface area contributed by atoms with Gasteiger partial charge in [-0.2, -0.15) is 5.10 Å². The average molecular weight is 350 g/mol. The summed E-state index contributed by atoms with van der Waals surface area (Å²) in [5.41, 5.74) is 5.81. The van der Waals surface area contributed by atoms with Gasteiger partial charge in [0.05, 0.1) is 25.3 Å². The molecule has 2 aromatic carbocycles. The number of carbonyl (C=O) groups is 1. The molecule has 0 fully saturated rings. The summed E-state index contributed by atoms with van der Waals surface area (Å²) >= 11 is 0. The van der Waals surface area contributed by atoms with Gasteiger partial charge in [-0.3, -0.25) is 5.43 Å². The summed E-state index contributed by atoms with van der Waals surface area (Å²) in [5.74, 6) is 0.262. The van der Waals surface area contributed by atoms with E-state index < -0.39 is 5.97 Å². The number of hydrazone groups is 1. The number of hydrogen-bond donors (Lipinski definition) is 1. The third-order valence-electron chi connectivity index (χ3n) is 3.54. The molecule has 1 N–H and O–H groups in total. The first kappa shape index (κ1) is 17.3. The summed E-state index contributed by atoms with van der Waals surface area (Å²) in [5, 5.41) is 4.21. The number of esters is 1. The molecule has 0 unspecified atom stereocenters. The number of nitrogens with one attached hydrogen (secondary N) is 1. The summed E-state index contributed by atoms with van der Waals surface area (Å²) < 4.78 is 15.6. The van der Waals surface area contributed by atoms with E-state index in [0.717, 1.165) is 16.8 Å². The maximum atomic E-state index is 12.0. The monoisotopic (exact) mass is 350 g/mol. The van der Waals surface area contributed by atoms with Gasteiger partial charge >= 0.3 is 5.97 Å². The highest BCUT2D eigenvalue weighted by Crippen LogP contribution is 2.28. The van der Waals surface area contributed by atoms with Crippen molar-refractivity contribution in [2.24, 2.45) is 5.10 Å². The van der Waals surface area contributed by atoms with E-state index in [1.807, 2.05) is 31.2 Å². The molecule has 0 saturated carbocycles. The van der Waals surface area contributed by atoms with Gasteiger partial charge in [-0.25, -0.2) is 4.79 Å². The Hall–Kier alpha value is -3.54. The Bertz CT molecular complexity index is 917. The maximum absolute atomic E-state index is 12.0. The number of aryl methyl sites for hydroxylation is 1. The molecular weight excluding hydrogens is 332 g/mol. The zero-order valence-electron chi connectivity index (χ0n) is 14.4. The van der Waals surface area contributed by atoms with Crippen molar-refractivity contribution in [3.8, 4) is 11.5 Å². The van der Waals surface area contributed by atoms with Crippen molar-refractivity contribution in [2.45, 2.75) is 6.92 Å². The fourth-order valence-electron chi connectivity index (χ4n) is 2.29. The second-order valence-corrected chi connectivity index (χ2v) is 5.52. The van der Waals surface area contributed by atoms with Crippen molar-refractivity contribution < 1.29 is 18.7 Å². The Morgan fingerprint density at radius 2 is 2.00 bits per heavy atom. The molecule has 0 aliphatic heterocycles. The van der Waals surface area contributed by atoms with Gasteiger partial charge in [0.2, 0.25) is 5.76 Å². The average Bonchev–Trinajstić information content (AvgIpc) is 3.18. The van der Waals surface area contributed by atoms with E-state index in [1.54, 1.807) is 30.5 Å². The maximum Gasteiger partial charge on any atom is 0.379 e. The van der Waals surface area contributed by atoms with E-state index in [-0.39, 0.29) is 5.76 Å². The van der Waals surface area contributed by atoms with E-state index >= 15 is 0 Å². The van der Waals surface area contributed by atoms with Gasteiger partial charge in [0.1, 0.15) is 0 Å². The molecule has 6 heteroatoms. The summed E-state index contributed by atoms with van der Waals surface area (Å²) in [4.78, 5) is 12.0. The summed E-state index contributed by atoms with van der Waals surface area (Å²) in [6.07, 6.45) is 3.07. The Morgan fingerprint density at radius 1 is 1.12 bits per heavy atom. The van der Waals surface area contributed by atoms with Crippen LogP contribution >= 0.6 is 0 Å². The van der Waals surface area contributed by atoms with Crippen LogP contribution in [-0.4, -0.2) is 19.3 Å². The number of rotatable bonds is 6. The summed E-state index contributed by atoms with van der Waals surface area (Å²) in [6, 6.07) is 16.2. The lowest BCUT2D eigenvalue weighted by Crippen LogP contribution is -2.08. The van der Waals surface area contributed by atoms with Crippen LogP contribution in [0.25, 0.3) is 0 Å². The number of benzene rings is 2. The molecule has 26 heavy (non-hydrogen) atoms. The quantitative estimate of drug-likeness (QED) is 0.311. The Kier molecular flexibility index (Phi) is 5.34. The standard InChI is InChI=1S/C20H18N2O4/c1-14-5-3-6-16(11-14)22-21-13-15-8-9-17(19(12-15)24-2)26-20(23)18-7-4-10-25-18/h3-13,22H,1-2H3/b21-13+. The summed E-state index contributed by atoms with van der Waals surface area (Å²) in [6.45, 7) is 2.02. The number of ether oxygens (including phenoxy) is 2. The molecule has 132 valence electrons. The molecule has 0 spiro atoms. The SMILES string of the molecule is COc1cc(/C=N/Nc2cccc(C)c2)ccc1OC(=O)c1ccco1. The minimum atomic E-state index is -0.587. The second-order valence-electron chi connectivity index (χ2n) is 5.52. The Balaban J connectivity index is 1.70. The van der Waals surface area contributed by atoms with E-state index in [1.165, 1.54) is 19.4 Å². The van der Waals surface area contributed by atoms with Crippen molar-refractivity contribution in [1.82, 2.24) is 0 Å². The van der Waals surface area contributed by atoms with Crippen molar-refractivity contribution in [1.29, 1.82) is 0 Å². The minimum absolute atomic E-state index is 0.125. The lowest BCUT2D eigenvalue weighted by Gasteiger charge is -2.09. The minimum Gasteiger partial charge on any atom is -0.493 e. The van der Waals surface area contributed by atoms with Crippen LogP contribution in [0.1, 0.15) is 21.7 Å². The third-order valence-corrected chi connectivity index (χ3v) is 3.54. The van der Waals surface area contributed by atoms with Crippen molar-refractivity contribution in [2.75, 3.05) is 12.5 Å². The van der Waals surface area contributed by atoms with Gasteiger partial charge in [-0.1, -0.05) is 12.1 Å². The first-order chi connectivity index (χ1) is 12.7. The largest absolute Gasteiger partial charge is 0.493 e. The molecule has 0 aliphatic rings. The van der Waals surface area contributed by atoms with E-state index in [9.17, 15) is 4.79 Å². The highest BCUT2D eigenvalue weighted by atomic mass is 16.6. The molecule has 0 saturated heterocycles. The molecule has 0 amide bonds. The van der Waals surface area contributed by atoms with Gasteiger partial charge in [0.15, 0.2) is 11.5 Å². The molecule has 0 radical (unpaired) electrons. The zero-order valence-corrected chi connectivity index (χ0v) is 14.4. The number of methoxy groups -OCH3 is 1. The fraction of sp³-hybridized carbons (Fsp3) is 0.100. The third kappa shape index (κ3) is 4.30. The van der Waals surface area contributed by atoms with Gasteiger partial charge in [0.25, 0.3) is 0 Å². The van der Waals surface area contributed by atoms with Crippen molar-refractivity contribution in [3.63, 3.8) is 0 Å². The van der Waals surface area contributed by atoms with Crippen LogP contribution in [0.2, 0.25) is 0 Å². The Labute approximate surface area is 151 Å². The van der Waals surface area contributed by atoms with Crippen LogP contribution in [-0.2, 0) is 0 Å². The predicted molar refractivity (Wildman–Crippen MR) is 99.1 cm³/mol. The van der Waals surface area contributed by atoms with Crippen LogP contribution in [0.3, 0.4) is 0 Å². The Morgan fingerprint density at radius 3 is 2.73 bits per heavy atom. The van der Waals surface area contributed by atoms with Crippen LogP contribution in [0.5, 0.6) is 11.5 Å². The number of nitrogens with zero attached hydrogens (tertiary/aromatic N) is 1. The first-order valence-electron chi connectivity index (χ1n) is 7.95.